The maximum atomic E-state index is 12.0. The number of hydrogen-bond acceptors (Lipinski definition) is 2. The molecule has 1 aliphatic rings. The number of nitrogens with one attached hydrogen (secondary N) is 1. The van der Waals surface area contributed by atoms with Crippen LogP contribution in [0.15, 0.2) is 0 Å². The van der Waals surface area contributed by atoms with Crippen LogP contribution in [0.3, 0.4) is 0 Å². The number of amides is 1. The van der Waals surface area contributed by atoms with Crippen LogP contribution in [-0.2, 0) is 4.79 Å². The number of carbonyl (C=O) groups is 1. The van der Waals surface area contributed by atoms with Crippen LogP contribution in [0, 0.1) is 11.8 Å². The maximum absolute atomic E-state index is 12.0. The van der Waals surface area contributed by atoms with E-state index in [-0.39, 0.29) is 17.9 Å². The predicted molar refractivity (Wildman–Crippen MR) is 67.0 cm³/mol. The quantitative estimate of drug-likeness (QED) is 0.771. The van der Waals surface area contributed by atoms with E-state index in [2.05, 4.69) is 26.1 Å². The molecule has 16 heavy (non-hydrogen) atoms. The molecule has 0 aromatic rings. The molecule has 1 amide bonds. The number of carbonyl (C=O) groups excluding carboxylic acids is 1. The van der Waals surface area contributed by atoms with Crippen molar-refractivity contribution in [3.8, 4) is 0 Å². The van der Waals surface area contributed by atoms with Crippen molar-refractivity contribution in [1.29, 1.82) is 0 Å². The van der Waals surface area contributed by atoms with Crippen molar-refractivity contribution < 1.29 is 4.79 Å². The van der Waals surface area contributed by atoms with Gasteiger partial charge in [-0.2, -0.15) is 0 Å². The van der Waals surface area contributed by atoms with Gasteiger partial charge in [-0.1, -0.05) is 20.3 Å². The van der Waals surface area contributed by atoms with Gasteiger partial charge in [0.15, 0.2) is 0 Å². The van der Waals surface area contributed by atoms with Crippen molar-refractivity contribution >= 4 is 5.91 Å². The first-order valence-corrected chi connectivity index (χ1v) is 6.60. The Morgan fingerprint density at radius 2 is 2.19 bits per heavy atom. The first-order valence-electron chi connectivity index (χ1n) is 6.60. The summed E-state index contributed by atoms with van der Waals surface area (Å²) >= 11 is 0. The van der Waals surface area contributed by atoms with Gasteiger partial charge in [0, 0.05) is 18.0 Å². The molecule has 3 nitrogen and oxygen atoms in total. The predicted octanol–water partition coefficient (Wildman–Crippen LogP) is 2.05. The standard InChI is InChI=1S/C13H26N2O/c1-4-5-10(3)15-13(16)11-6-7-12(14)9(2)8-11/h9-12H,4-8,14H2,1-3H3,(H,15,16). The van der Waals surface area contributed by atoms with E-state index in [1.54, 1.807) is 0 Å². The molecule has 0 bridgehead atoms. The summed E-state index contributed by atoms with van der Waals surface area (Å²) in [5.41, 5.74) is 5.96. The molecule has 4 unspecified atom stereocenters. The summed E-state index contributed by atoms with van der Waals surface area (Å²) in [5.74, 6) is 0.903. The SMILES string of the molecule is CCCC(C)NC(=O)C1CCC(N)C(C)C1. The normalized spacial score (nSPS) is 32.1. The lowest BCUT2D eigenvalue weighted by Crippen LogP contribution is -2.42. The molecule has 1 rings (SSSR count). The summed E-state index contributed by atoms with van der Waals surface area (Å²) in [6.07, 6.45) is 5.07. The van der Waals surface area contributed by atoms with Crippen LogP contribution in [0.4, 0.5) is 0 Å². The minimum atomic E-state index is 0.189. The molecule has 1 saturated carbocycles. The lowest BCUT2D eigenvalue weighted by atomic mass is 9.79. The average Bonchev–Trinajstić information content (AvgIpc) is 2.22. The Hall–Kier alpha value is -0.570. The smallest absolute Gasteiger partial charge is 0.223 e. The Kier molecular flexibility index (Phi) is 5.26. The van der Waals surface area contributed by atoms with Gasteiger partial charge in [0.1, 0.15) is 0 Å². The highest BCUT2D eigenvalue weighted by Crippen LogP contribution is 2.28. The molecule has 0 aromatic carbocycles. The van der Waals surface area contributed by atoms with E-state index in [0.717, 1.165) is 32.1 Å². The molecule has 4 atom stereocenters. The monoisotopic (exact) mass is 226 g/mol. The summed E-state index contributed by atoms with van der Waals surface area (Å²) in [4.78, 5) is 12.0. The summed E-state index contributed by atoms with van der Waals surface area (Å²) < 4.78 is 0. The Morgan fingerprint density at radius 1 is 1.50 bits per heavy atom. The van der Waals surface area contributed by atoms with Gasteiger partial charge in [-0.25, -0.2) is 0 Å². The lowest BCUT2D eigenvalue weighted by Gasteiger charge is -2.31. The highest BCUT2D eigenvalue weighted by molar-refractivity contribution is 5.79. The zero-order valence-corrected chi connectivity index (χ0v) is 10.8. The van der Waals surface area contributed by atoms with Crippen LogP contribution >= 0.6 is 0 Å². The minimum absolute atomic E-state index is 0.189. The van der Waals surface area contributed by atoms with Crippen molar-refractivity contribution in [3.05, 3.63) is 0 Å². The van der Waals surface area contributed by atoms with Crippen LogP contribution in [-0.4, -0.2) is 18.0 Å². The Bertz CT molecular complexity index is 230. The average molecular weight is 226 g/mol. The van der Waals surface area contributed by atoms with Gasteiger partial charge < -0.3 is 11.1 Å². The summed E-state index contributed by atoms with van der Waals surface area (Å²) in [6.45, 7) is 6.38. The van der Waals surface area contributed by atoms with Crippen LogP contribution in [0.2, 0.25) is 0 Å². The molecule has 3 heteroatoms. The maximum Gasteiger partial charge on any atom is 0.223 e. The van der Waals surface area contributed by atoms with Gasteiger partial charge in [0.25, 0.3) is 0 Å². The highest BCUT2D eigenvalue weighted by atomic mass is 16.1. The second-order valence-electron chi connectivity index (χ2n) is 5.35. The second kappa shape index (κ2) is 6.24. The highest BCUT2D eigenvalue weighted by Gasteiger charge is 2.29. The molecule has 1 fully saturated rings. The molecular formula is C13H26N2O. The van der Waals surface area contributed by atoms with Crippen molar-refractivity contribution in [2.24, 2.45) is 17.6 Å². The van der Waals surface area contributed by atoms with E-state index in [9.17, 15) is 4.79 Å². The second-order valence-corrected chi connectivity index (χ2v) is 5.35. The van der Waals surface area contributed by atoms with Gasteiger partial charge >= 0.3 is 0 Å². The molecule has 0 radical (unpaired) electrons. The molecule has 0 heterocycles. The fourth-order valence-corrected chi connectivity index (χ4v) is 2.52. The molecule has 0 aromatic heterocycles. The fourth-order valence-electron chi connectivity index (χ4n) is 2.52. The summed E-state index contributed by atoms with van der Waals surface area (Å²) in [5, 5.41) is 3.11. The minimum Gasteiger partial charge on any atom is -0.353 e. The summed E-state index contributed by atoms with van der Waals surface area (Å²) in [6, 6.07) is 0.598. The van der Waals surface area contributed by atoms with Crippen molar-refractivity contribution in [3.63, 3.8) is 0 Å². The van der Waals surface area contributed by atoms with E-state index in [1.807, 2.05) is 0 Å². The topological polar surface area (TPSA) is 55.1 Å². The molecule has 0 aliphatic heterocycles. The zero-order chi connectivity index (χ0) is 12.1. The first-order chi connectivity index (χ1) is 7.54. The number of nitrogens with two attached hydrogens (primary N) is 1. The van der Waals surface area contributed by atoms with Crippen molar-refractivity contribution in [2.45, 2.75) is 65.0 Å². The molecule has 1 aliphatic carbocycles. The van der Waals surface area contributed by atoms with Gasteiger partial charge in [-0.15, -0.1) is 0 Å². The van der Waals surface area contributed by atoms with Crippen LogP contribution in [0.25, 0.3) is 0 Å². The van der Waals surface area contributed by atoms with Crippen LogP contribution in [0.5, 0.6) is 0 Å². The zero-order valence-electron chi connectivity index (χ0n) is 10.8. The number of hydrogen-bond donors (Lipinski definition) is 2. The van der Waals surface area contributed by atoms with E-state index < -0.39 is 0 Å². The summed E-state index contributed by atoms with van der Waals surface area (Å²) in [7, 11) is 0. The number of rotatable bonds is 4. The van der Waals surface area contributed by atoms with Gasteiger partial charge in [0.2, 0.25) is 5.91 Å². The van der Waals surface area contributed by atoms with E-state index in [4.69, 9.17) is 5.73 Å². The third kappa shape index (κ3) is 3.78. The van der Waals surface area contributed by atoms with E-state index in [1.165, 1.54) is 0 Å². The van der Waals surface area contributed by atoms with Gasteiger partial charge in [0.05, 0.1) is 0 Å². The molecule has 3 N–H and O–H groups in total. The Labute approximate surface area is 99.2 Å². The Balaban J connectivity index is 2.37. The van der Waals surface area contributed by atoms with Crippen LogP contribution < -0.4 is 11.1 Å². The molecular weight excluding hydrogens is 200 g/mol. The van der Waals surface area contributed by atoms with E-state index in [0.29, 0.717) is 12.0 Å². The first kappa shape index (κ1) is 13.5. The van der Waals surface area contributed by atoms with E-state index >= 15 is 0 Å². The van der Waals surface area contributed by atoms with Gasteiger partial charge in [-0.3, -0.25) is 4.79 Å². The molecule has 94 valence electrons. The molecule has 0 saturated heterocycles. The molecule has 0 spiro atoms. The third-order valence-electron chi connectivity index (χ3n) is 3.72. The van der Waals surface area contributed by atoms with Crippen molar-refractivity contribution in [2.75, 3.05) is 0 Å². The Morgan fingerprint density at radius 3 is 2.75 bits per heavy atom. The van der Waals surface area contributed by atoms with Gasteiger partial charge in [-0.05, 0) is 38.5 Å². The lowest BCUT2D eigenvalue weighted by molar-refractivity contribution is -0.127. The largest absolute Gasteiger partial charge is 0.353 e. The fraction of sp³-hybridized carbons (Fsp3) is 0.923. The van der Waals surface area contributed by atoms with Crippen LogP contribution in [0.1, 0.15) is 52.9 Å². The van der Waals surface area contributed by atoms with Crippen molar-refractivity contribution in [1.82, 2.24) is 5.32 Å². The third-order valence-corrected chi connectivity index (χ3v) is 3.72.